The zero-order chi connectivity index (χ0) is 16.5. The highest BCUT2D eigenvalue weighted by atomic mass is 16.5. The van der Waals surface area contributed by atoms with E-state index in [9.17, 15) is 0 Å². The van der Waals surface area contributed by atoms with E-state index >= 15 is 0 Å². The van der Waals surface area contributed by atoms with Crippen LogP contribution in [-0.4, -0.2) is 7.11 Å². The van der Waals surface area contributed by atoms with Gasteiger partial charge in [0.2, 0.25) is 0 Å². The first-order chi connectivity index (χ1) is 10.1. The molecule has 0 aromatic heterocycles. The minimum Gasteiger partial charge on any atom is -0.496 e. The lowest BCUT2D eigenvalue weighted by molar-refractivity contribution is 0.414. The van der Waals surface area contributed by atoms with Crippen molar-refractivity contribution in [3.8, 4) is 16.9 Å². The number of rotatable bonds is 2. The average molecular weight is 295 g/mol. The van der Waals surface area contributed by atoms with Crippen molar-refractivity contribution in [1.82, 2.24) is 0 Å². The van der Waals surface area contributed by atoms with Gasteiger partial charge in [-0.15, -0.1) is 0 Å². The molecule has 117 valence electrons. The maximum atomic E-state index is 5.21. The van der Waals surface area contributed by atoms with Crippen LogP contribution in [0, 0.1) is 6.07 Å². The van der Waals surface area contributed by atoms with Crippen LogP contribution in [0.3, 0.4) is 0 Å². The van der Waals surface area contributed by atoms with E-state index in [0.29, 0.717) is 0 Å². The predicted molar refractivity (Wildman–Crippen MR) is 94.7 cm³/mol. The van der Waals surface area contributed by atoms with Gasteiger partial charge in [-0.1, -0.05) is 65.8 Å². The number of benzene rings is 2. The van der Waals surface area contributed by atoms with Crippen molar-refractivity contribution in [2.45, 2.75) is 52.4 Å². The molecule has 1 heteroatoms. The lowest BCUT2D eigenvalue weighted by Gasteiger charge is -2.26. The van der Waals surface area contributed by atoms with Gasteiger partial charge in [-0.05, 0) is 45.2 Å². The van der Waals surface area contributed by atoms with Gasteiger partial charge < -0.3 is 4.74 Å². The molecular weight excluding hydrogens is 268 g/mol. The molecule has 0 saturated carbocycles. The molecule has 0 aliphatic rings. The minimum atomic E-state index is 0.131. The second-order valence-corrected chi connectivity index (χ2v) is 7.94. The molecule has 0 fully saturated rings. The minimum absolute atomic E-state index is 0.131. The van der Waals surface area contributed by atoms with Crippen molar-refractivity contribution in [3.63, 3.8) is 0 Å². The molecule has 0 atom stereocenters. The number of methoxy groups -OCH3 is 1. The van der Waals surface area contributed by atoms with Crippen LogP contribution in [0.15, 0.2) is 36.4 Å². The van der Waals surface area contributed by atoms with Gasteiger partial charge in [0, 0.05) is 6.07 Å². The molecule has 1 radical (unpaired) electrons. The van der Waals surface area contributed by atoms with Gasteiger partial charge in [0.1, 0.15) is 5.75 Å². The first-order valence-electron chi connectivity index (χ1n) is 7.83. The fourth-order valence-electron chi connectivity index (χ4n) is 2.38. The van der Waals surface area contributed by atoms with E-state index in [1.54, 1.807) is 7.11 Å². The molecule has 0 unspecified atom stereocenters. The fraction of sp³-hybridized carbons (Fsp3) is 0.429. The van der Waals surface area contributed by atoms with Gasteiger partial charge in [-0.25, -0.2) is 0 Å². The van der Waals surface area contributed by atoms with E-state index in [0.717, 1.165) is 5.75 Å². The normalized spacial score (nSPS) is 12.3. The first kappa shape index (κ1) is 16.6. The van der Waals surface area contributed by atoms with Gasteiger partial charge in [-0.2, -0.15) is 0 Å². The summed E-state index contributed by atoms with van der Waals surface area (Å²) in [6, 6.07) is 16.2. The van der Waals surface area contributed by atoms with Crippen molar-refractivity contribution in [3.05, 3.63) is 53.6 Å². The van der Waals surface area contributed by atoms with Crippen molar-refractivity contribution >= 4 is 0 Å². The number of hydrogen-bond donors (Lipinski definition) is 0. The van der Waals surface area contributed by atoms with Crippen molar-refractivity contribution < 1.29 is 4.74 Å². The molecule has 0 spiro atoms. The Balaban J connectivity index is 2.59. The Morgan fingerprint density at radius 1 is 0.773 bits per heavy atom. The Labute approximate surface area is 135 Å². The quantitative estimate of drug-likeness (QED) is 0.684. The van der Waals surface area contributed by atoms with Crippen LogP contribution < -0.4 is 4.74 Å². The van der Waals surface area contributed by atoms with E-state index in [-0.39, 0.29) is 10.8 Å². The van der Waals surface area contributed by atoms with Crippen LogP contribution in [0.4, 0.5) is 0 Å². The van der Waals surface area contributed by atoms with Gasteiger partial charge in [0.05, 0.1) is 7.11 Å². The molecule has 0 heterocycles. The van der Waals surface area contributed by atoms with Crippen molar-refractivity contribution in [2.75, 3.05) is 7.11 Å². The molecule has 1 nitrogen and oxygen atoms in total. The Morgan fingerprint density at radius 2 is 1.32 bits per heavy atom. The van der Waals surface area contributed by atoms with Crippen LogP contribution in [0.1, 0.15) is 52.7 Å². The highest BCUT2D eigenvalue weighted by Crippen LogP contribution is 2.34. The SMILES string of the molecule is COc1[c]cc(-c2cc(C(C)(C)C)cc(C(C)(C)C)c2)cc1. The third-order valence-electron chi connectivity index (χ3n) is 4.00. The van der Waals surface area contributed by atoms with Crippen LogP contribution in [0.5, 0.6) is 5.75 Å². The molecule has 0 saturated heterocycles. The lowest BCUT2D eigenvalue weighted by Crippen LogP contribution is -2.16. The van der Waals surface area contributed by atoms with E-state index < -0.39 is 0 Å². The van der Waals surface area contributed by atoms with E-state index in [4.69, 9.17) is 4.74 Å². The molecule has 0 bridgehead atoms. The van der Waals surface area contributed by atoms with Crippen molar-refractivity contribution in [1.29, 1.82) is 0 Å². The topological polar surface area (TPSA) is 9.23 Å². The largest absolute Gasteiger partial charge is 0.496 e. The summed E-state index contributed by atoms with van der Waals surface area (Å²) >= 11 is 0. The molecule has 2 rings (SSSR count). The van der Waals surface area contributed by atoms with Gasteiger partial charge in [-0.3, -0.25) is 0 Å². The highest BCUT2D eigenvalue weighted by molar-refractivity contribution is 5.66. The summed E-state index contributed by atoms with van der Waals surface area (Å²) in [4.78, 5) is 0. The summed E-state index contributed by atoms with van der Waals surface area (Å²) in [7, 11) is 1.67. The van der Waals surface area contributed by atoms with Crippen molar-refractivity contribution in [2.24, 2.45) is 0 Å². The first-order valence-corrected chi connectivity index (χ1v) is 7.83. The maximum Gasteiger partial charge on any atom is 0.126 e. The van der Waals surface area contributed by atoms with Crippen LogP contribution in [-0.2, 0) is 10.8 Å². The fourth-order valence-corrected chi connectivity index (χ4v) is 2.38. The standard InChI is InChI=1S/C21H27O/c1-20(2,3)17-12-16(13-18(14-17)21(4,5)6)15-8-10-19(22-7)11-9-15/h8-10,12-14H,1-7H3. The molecule has 22 heavy (non-hydrogen) atoms. The molecule has 0 aliphatic carbocycles. The Morgan fingerprint density at radius 3 is 1.68 bits per heavy atom. The zero-order valence-electron chi connectivity index (χ0n) is 14.9. The van der Waals surface area contributed by atoms with Crippen LogP contribution in [0.2, 0.25) is 0 Å². The Bertz CT molecular complexity index is 605. The molecule has 0 N–H and O–H groups in total. The molecule has 2 aromatic rings. The summed E-state index contributed by atoms with van der Waals surface area (Å²) in [5, 5.41) is 0. The Hall–Kier alpha value is -1.76. The van der Waals surface area contributed by atoms with Gasteiger partial charge in [0.25, 0.3) is 0 Å². The monoisotopic (exact) mass is 295 g/mol. The zero-order valence-corrected chi connectivity index (χ0v) is 14.9. The van der Waals surface area contributed by atoms with Gasteiger partial charge >= 0.3 is 0 Å². The second-order valence-electron chi connectivity index (χ2n) is 7.94. The summed E-state index contributed by atoms with van der Waals surface area (Å²) in [6.07, 6.45) is 0. The number of ether oxygens (including phenoxy) is 1. The third kappa shape index (κ3) is 3.71. The average Bonchev–Trinajstić information content (AvgIpc) is 2.45. The summed E-state index contributed by atoms with van der Waals surface area (Å²) in [5.74, 6) is 0.770. The van der Waals surface area contributed by atoms with Crippen LogP contribution in [0.25, 0.3) is 11.1 Å². The molecule has 0 aliphatic heterocycles. The number of hydrogen-bond acceptors (Lipinski definition) is 1. The van der Waals surface area contributed by atoms with E-state index in [1.165, 1.54) is 22.3 Å². The summed E-state index contributed by atoms with van der Waals surface area (Å²) < 4.78 is 5.21. The highest BCUT2D eigenvalue weighted by Gasteiger charge is 2.20. The lowest BCUT2D eigenvalue weighted by atomic mass is 9.79. The second kappa shape index (κ2) is 5.79. The summed E-state index contributed by atoms with van der Waals surface area (Å²) in [5.41, 5.74) is 5.42. The molecular formula is C21H27O. The third-order valence-corrected chi connectivity index (χ3v) is 4.00. The van der Waals surface area contributed by atoms with Crippen LogP contribution >= 0.6 is 0 Å². The van der Waals surface area contributed by atoms with E-state index in [2.05, 4.69) is 71.9 Å². The Kier molecular flexibility index (Phi) is 4.37. The smallest absolute Gasteiger partial charge is 0.126 e. The maximum absolute atomic E-state index is 5.21. The predicted octanol–water partition coefficient (Wildman–Crippen LogP) is 5.76. The van der Waals surface area contributed by atoms with Gasteiger partial charge in [0.15, 0.2) is 0 Å². The molecule has 2 aromatic carbocycles. The van der Waals surface area contributed by atoms with E-state index in [1.807, 2.05) is 12.1 Å². The summed E-state index contributed by atoms with van der Waals surface area (Å²) in [6.45, 7) is 13.6. The molecule has 0 amide bonds.